The van der Waals surface area contributed by atoms with E-state index in [1.54, 1.807) is 26.8 Å². The van der Waals surface area contributed by atoms with E-state index < -0.39 is 102 Å². The van der Waals surface area contributed by atoms with Crippen LogP contribution < -0.4 is 26.6 Å². The van der Waals surface area contributed by atoms with Crippen LogP contribution in [0.4, 0.5) is 28.8 Å². The lowest BCUT2D eigenvalue weighted by molar-refractivity contribution is -0.143. The number of amides is 17. The molecule has 2 unspecified atom stereocenters. The number of nitrogens with zero attached hydrogens (tertiary/aromatic N) is 7. The SMILES string of the molecule is C/C=C/C[C@@H](C)C[C@H]1C(=O)NC(=O)N(C)[C@H](CNCC(C)CC)C(=O)N(C)[C@@H](C(C)C)C(=O)NC(=O)N(C)C(=O)NC(C)C(=O)N[C@@H](C)C(=O)N(C)C(=O)N(C)C(=O)N(C)C(=O)N1C. The molecule has 0 radical (unpaired) electrons. The van der Waals surface area contributed by atoms with Crippen molar-refractivity contribution in [1.29, 1.82) is 0 Å². The van der Waals surface area contributed by atoms with Crippen molar-refractivity contribution in [2.75, 3.05) is 62.4 Å². The summed E-state index contributed by atoms with van der Waals surface area (Å²) in [7, 11) is 7.91. The lowest BCUT2D eigenvalue weighted by atomic mass is 9.97. The molecule has 0 aromatic rings. The monoisotopic (exact) mass is 907 g/mol. The average Bonchev–Trinajstić information content (AvgIpc) is 3.24. The molecule has 0 aromatic heterocycles. The summed E-state index contributed by atoms with van der Waals surface area (Å²) in [4.78, 5) is 154. The molecule has 23 nitrogen and oxygen atoms in total. The van der Waals surface area contributed by atoms with Gasteiger partial charge >= 0.3 is 36.2 Å². The Balaban J connectivity index is 3.91. The highest BCUT2D eigenvalue weighted by molar-refractivity contribution is 6.08. The van der Waals surface area contributed by atoms with Crippen molar-refractivity contribution in [1.82, 2.24) is 60.9 Å². The Bertz CT molecular complexity index is 1790. The largest absolute Gasteiger partial charge is 0.343 e. The maximum Gasteiger partial charge on any atom is 0.335 e. The van der Waals surface area contributed by atoms with Gasteiger partial charge in [-0.1, -0.05) is 53.2 Å². The van der Waals surface area contributed by atoms with Gasteiger partial charge in [0.1, 0.15) is 30.2 Å². The Morgan fingerprint density at radius 1 is 0.578 bits per heavy atom. The molecule has 23 heteroatoms. The molecule has 1 aliphatic rings. The minimum Gasteiger partial charge on any atom is -0.343 e. The highest BCUT2D eigenvalue weighted by Gasteiger charge is 2.40. The predicted molar refractivity (Wildman–Crippen MR) is 235 cm³/mol. The smallest absolute Gasteiger partial charge is 0.335 e. The van der Waals surface area contributed by atoms with Gasteiger partial charge in [-0.15, -0.1) is 0 Å². The van der Waals surface area contributed by atoms with Crippen molar-refractivity contribution in [3.05, 3.63) is 12.2 Å². The summed E-state index contributed by atoms with van der Waals surface area (Å²) in [6.45, 7) is 13.6. The van der Waals surface area contributed by atoms with E-state index >= 15 is 0 Å². The first-order chi connectivity index (χ1) is 29.7. The van der Waals surface area contributed by atoms with Gasteiger partial charge in [-0.25, -0.2) is 43.5 Å². The van der Waals surface area contributed by atoms with Crippen LogP contribution in [-0.4, -0.2) is 193 Å². The summed E-state index contributed by atoms with van der Waals surface area (Å²) in [5, 5.41) is 12.2. The molecule has 64 heavy (non-hydrogen) atoms. The summed E-state index contributed by atoms with van der Waals surface area (Å²) < 4.78 is 0. The van der Waals surface area contributed by atoms with E-state index in [4.69, 9.17) is 0 Å². The van der Waals surface area contributed by atoms with Gasteiger partial charge in [0.25, 0.3) is 17.7 Å². The second-order valence-electron chi connectivity index (χ2n) is 16.6. The summed E-state index contributed by atoms with van der Waals surface area (Å²) in [5.74, 6) is -5.31. The number of likely N-dealkylation sites (N-methyl/N-ethyl adjacent to an activating group) is 4. The Kier molecular flexibility index (Phi) is 22.0. The number of urea groups is 6. The Labute approximate surface area is 375 Å². The number of carbonyl (C=O) groups excluding carboxylic acids is 11. The zero-order valence-electron chi connectivity index (χ0n) is 39.9. The summed E-state index contributed by atoms with van der Waals surface area (Å²) >= 11 is 0. The molecule has 0 bridgehead atoms. The van der Waals surface area contributed by atoms with Crippen LogP contribution >= 0.6 is 0 Å². The van der Waals surface area contributed by atoms with Gasteiger partial charge in [0, 0.05) is 55.9 Å². The first-order valence-corrected chi connectivity index (χ1v) is 21.1. The van der Waals surface area contributed by atoms with Crippen LogP contribution in [0.5, 0.6) is 0 Å². The number of allylic oxidation sites excluding steroid dienone is 2. The topological polar surface area (TPSA) is 271 Å². The molecule has 0 spiro atoms. The van der Waals surface area contributed by atoms with Crippen LogP contribution in [0.25, 0.3) is 0 Å². The minimum atomic E-state index is -1.40. The third-order valence-corrected chi connectivity index (χ3v) is 11.0. The number of imide groups is 6. The zero-order chi connectivity index (χ0) is 49.5. The molecule has 0 saturated carbocycles. The number of hydrogen-bond donors (Lipinski definition) is 5. The van der Waals surface area contributed by atoms with E-state index in [1.165, 1.54) is 35.0 Å². The number of carbonyl (C=O) groups is 11. The van der Waals surface area contributed by atoms with Crippen LogP contribution in [0.15, 0.2) is 12.2 Å². The van der Waals surface area contributed by atoms with E-state index in [0.717, 1.165) is 49.3 Å². The van der Waals surface area contributed by atoms with Crippen LogP contribution in [-0.2, 0) is 24.0 Å². The molecule has 7 atom stereocenters. The van der Waals surface area contributed by atoms with Gasteiger partial charge in [-0.05, 0) is 57.9 Å². The number of hydrogen-bond acceptors (Lipinski definition) is 12. The molecule has 0 aromatic carbocycles. The summed E-state index contributed by atoms with van der Waals surface area (Å²) in [6, 6.07) is -13.7. The van der Waals surface area contributed by atoms with E-state index in [1.807, 2.05) is 26.8 Å². The molecule has 0 aliphatic carbocycles. The van der Waals surface area contributed by atoms with Crippen molar-refractivity contribution in [3.63, 3.8) is 0 Å². The second-order valence-corrected chi connectivity index (χ2v) is 16.6. The van der Waals surface area contributed by atoms with Crippen LogP contribution in [0, 0.1) is 17.8 Å². The Morgan fingerprint density at radius 3 is 1.67 bits per heavy atom. The molecule has 17 amide bonds. The van der Waals surface area contributed by atoms with Crippen molar-refractivity contribution < 1.29 is 52.7 Å². The van der Waals surface area contributed by atoms with Gasteiger partial charge in [0.2, 0.25) is 11.8 Å². The number of nitrogens with one attached hydrogen (secondary N) is 5. The van der Waals surface area contributed by atoms with Gasteiger partial charge in [0.05, 0.1) is 0 Å². The maximum atomic E-state index is 14.4. The molecule has 5 N–H and O–H groups in total. The molecular weight excluding hydrogens is 837 g/mol. The van der Waals surface area contributed by atoms with E-state index in [9.17, 15) is 52.7 Å². The predicted octanol–water partition coefficient (Wildman–Crippen LogP) is 1.40. The highest BCUT2D eigenvalue weighted by atomic mass is 16.2. The van der Waals surface area contributed by atoms with Gasteiger partial charge < -0.3 is 30.7 Å². The van der Waals surface area contributed by atoms with E-state index in [-0.39, 0.29) is 24.8 Å². The first kappa shape index (κ1) is 55.9. The van der Waals surface area contributed by atoms with Gasteiger partial charge in [0.15, 0.2) is 0 Å². The fourth-order valence-corrected chi connectivity index (χ4v) is 6.48. The molecule has 1 aliphatic heterocycles. The number of rotatable bonds is 10. The lowest BCUT2D eigenvalue weighted by Crippen LogP contribution is -2.62. The Hall–Kier alpha value is -6.13. The fourth-order valence-electron chi connectivity index (χ4n) is 6.48. The molecular formula is C41H70N12O11. The van der Waals surface area contributed by atoms with Crippen LogP contribution in [0.2, 0.25) is 0 Å². The fraction of sp³-hybridized carbons (Fsp3) is 0.683. The summed E-state index contributed by atoms with van der Waals surface area (Å²) in [5.41, 5.74) is 0. The summed E-state index contributed by atoms with van der Waals surface area (Å²) in [6.07, 6.45) is 4.92. The normalized spacial score (nSPS) is 24.3. The first-order valence-electron chi connectivity index (χ1n) is 21.1. The second kappa shape index (κ2) is 25.2. The molecule has 1 fully saturated rings. The third-order valence-electron chi connectivity index (χ3n) is 11.0. The van der Waals surface area contributed by atoms with Crippen molar-refractivity contribution in [2.24, 2.45) is 17.8 Å². The van der Waals surface area contributed by atoms with Crippen LogP contribution in [0.3, 0.4) is 0 Å². The third kappa shape index (κ3) is 15.0. The van der Waals surface area contributed by atoms with Crippen LogP contribution in [0.1, 0.15) is 74.7 Å². The Morgan fingerprint density at radius 2 is 1.12 bits per heavy atom. The molecule has 1 rings (SSSR count). The van der Waals surface area contributed by atoms with Crippen molar-refractivity contribution >= 4 is 65.7 Å². The van der Waals surface area contributed by atoms with Gasteiger partial charge in [-0.2, -0.15) is 0 Å². The molecule has 1 heterocycles. The lowest BCUT2D eigenvalue weighted by Gasteiger charge is -2.36. The highest BCUT2D eigenvalue weighted by Crippen LogP contribution is 2.19. The van der Waals surface area contributed by atoms with Crippen molar-refractivity contribution in [2.45, 2.75) is 105 Å². The van der Waals surface area contributed by atoms with E-state index in [0.29, 0.717) is 32.6 Å². The molecule has 1 saturated heterocycles. The van der Waals surface area contributed by atoms with E-state index in [2.05, 4.69) is 26.6 Å². The standard InChI is InChI=1S/C41H70N12O11/c1-16-18-19-25(6)20-28-32(55)45-37(60)47(9)29(22-42-21-24(5)17-2)35(58)49(11)30(23(3)4)33(56)46-38(61)51(13)36(59)44-26(7)31(54)43-27(8)34(57)50(12)40(63)53(15)41(64)52(14)39(62)48(28)10/h16,18,23-30,42H,17,19-22H2,1-15H3,(H,43,54)(H,44,59)(H,45,55,60)(H,46,56,61)/b18-16+/t24?,25-,26?,27+,28+,29-,30+/m1/s1. The zero-order valence-corrected chi connectivity index (χ0v) is 39.9. The molecule has 360 valence electrons. The maximum absolute atomic E-state index is 14.4. The van der Waals surface area contributed by atoms with Crippen molar-refractivity contribution in [3.8, 4) is 0 Å². The minimum absolute atomic E-state index is 0.00651. The average molecular weight is 907 g/mol. The quantitative estimate of drug-likeness (QED) is 0.195. The van der Waals surface area contributed by atoms with Gasteiger partial charge in [-0.3, -0.25) is 39.5 Å².